The number of rotatable bonds is 6. The zero-order chi connectivity index (χ0) is 18.9. The second-order valence-corrected chi connectivity index (χ2v) is 9.73. The van der Waals surface area contributed by atoms with Crippen LogP contribution in [0.4, 0.5) is 0 Å². The van der Waals surface area contributed by atoms with Crippen LogP contribution in [0, 0.1) is 5.92 Å². The molecule has 1 saturated heterocycles. The van der Waals surface area contributed by atoms with Gasteiger partial charge < -0.3 is 11.1 Å². The van der Waals surface area contributed by atoms with Gasteiger partial charge in [-0.3, -0.25) is 4.79 Å². The Morgan fingerprint density at radius 3 is 2.59 bits per heavy atom. The maximum Gasteiger partial charge on any atom is 0.251 e. The summed E-state index contributed by atoms with van der Waals surface area (Å²) in [6.07, 6.45) is 4.93. The number of nitrogens with zero attached hydrogens (tertiary/aromatic N) is 1. The smallest absolute Gasteiger partial charge is 0.251 e. The maximum absolute atomic E-state index is 13.0. The van der Waals surface area contributed by atoms with Crippen LogP contribution >= 0.6 is 12.4 Å². The van der Waals surface area contributed by atoms with Gasteiger partial charge in [0, 0.05) is 24.7 Å². The van der Waals surface area contributed by atoms with Crippen LogP contribution in [0.1, 0.15) is 56.3 Å². The molecular weight excluding hydrogens is 386 g/mol. The van der Waals surface area contributed by atoms with Crippen LogP contribution in [-0.2, 0) is 10.0 Å². The fraction of sp³-hybridized carbons (Fsp3) is 0.632. The van der Waals surface area contributed by atoms with Gasteiger partial charge in [-0.25, -0.2) is 8.42 Å². The van der Waals surface area contributed by atoms with E-state index in [4.69, 9.17) is 5.73 Å². The summed E-state index contributed by atoms with van der Waals surface area (Å²) in [5.41, 5.74) is 5.79. The zero-order valence-corrected chi connectivity index (χ0v) is 17.6. The molecular formula is C19H30ClN3O3S. The highest BCUT2D eigenvalue weighted by molar-refractivity contribution is 7.89. The van der Waals surface area contributed by atoms with E-state index in [1.54, 1.807) is 22.5 Å². The molecule has 1 aromatic rings. The second kappa shape index (κ2) is 8.47. The van der Waals surface area contributed by atoms with E-state index in [0.29, 0.717) is 24.6 Å². The lowest BCUT2D eigenvalue weighted by atomic mass is 9.95. The third-order valence-corrected chi connectivity index (χ3v) is 7.76. The van der Waals surface area contributed by atoms with Gasteiger partial charge in [0.2, 0.25) is 10.0 Å². The van der Waals surface area contributed by atoms with Crippen molar-refractivity contribution in [1.29, 1.82) is 0 Å². The van der Waals surface area contributed by atoms with E-state index < -0.39 is 15.6 Å². The largest absolute Gasteiger partial charge is 0.345 e. The van der Waals surface area contributed by atoms with Crippen molar-refractivity contribution < 1.29 is 13.2 Å². The summed E-state index contributed by atoms with van der Waals surface area (Å²) in [6, 6.07) is 6.32. The number of piperidine rings is 1. The molecule has 1 aromatic carbocycles. The molecule has 2 atom stereocenters. The van der Waals surface area contributed by atoms with Crippen molar-refractivity contribution in [1.82, 2.24) is 9.62 Å². The number of nitrogens with two attached hydrogens (primary N) is 1. The third kappa shape index (κ3) is 4.65. The first-order valence-electron chi connectivity index (χ1n) is 9.42. The van der Waals surface area contributed by atoms with Crippen LogP contribution < -0.4 is 11.1 Å². The first-order chi connectivity index (χ1) is 12.3. The Hall–Kier alpha value is -1.15. The van der Waals surface area contributed by atoms with E-state index in [1.165, 1.54) is 6.07 Å². The Kier molecular flexibility index (Phi) is 6.95. The Balaban J connectivity index is 0.00000261. The third-order valence-electron chi connectivity index (χ3n) is 5.75. The topological polar surface area (TPSA) is 92.5 Å². The number of amides is 1. The molecule has 8 heteroatoms. The van der Waals surface area contributed by atoms with Crippen LogP contribution in [0.15, 0.2) is 29.2 Å². The van der Waals surface area contributed by atoms with E-state index in [0.717, 1.165) is 32.1 Å². The molecule has 6 nitrogen and oxygen atoms in total. The monoisotopic (exact) mass is 415 g/mol. The summed E-state index contributed by atoms with van der Waals surface area (Å²) in [5, 5.41) is 3.02. The molecule has 152 valence electrons. The summed E-state index contributed by atoms with van der Waals surface area (Å²) >= 11 is 0. The summed E-state index contributed by atoms with van der Waals surface area (Å²) in [4.78, 5) is 12.9. The Labute approximate surface area is 168 Å². The number of carbonyl (C=O) groups excluding carboxylic acids is 1. The molecule has 1 amide bonds. The van der Waals surface area contributed by atoms with Crippen molar-refractivity contribution in [3.63, 3.8) is 0 Å². The molecule has 0 aromatic heterocycles. The van der Waals surface area contributed by atoms with Crippen LogP contribution in [-0.4, -0.2) is 43.3 Å². The number of sulfonamides is 1. The average Bonchev–Trinajstić information content (AvgIpc) is 3.47. The lowest BCUT2D eigenvalue weighted by Crippen LogP contribution is -2.53. The van der Waals surface area contributed by atoms with Gasteiger partial charge in [-0.05, 0) is 63.6 Å². The van der Waals surface area contributed by atoms with Gasteiger partial charge in [-0.15, -0.1) is 12.4 Å². The Morgan fingerprint density at radius 1 is 1.30 bits per heavy atom. The van der Waals surface area contributed by atoms with Crippen molar-refractivity contribution in [3.05, 3.63) is 29.8 Å². The quantitative estimate of drug-likeness (QED) is 0.746. The molecule has 0 spiro atoms. The van der Waals surface area contributed by atoms with Gasteiger partial charge in [0.1, 0.15) is 0 Å². The lowest BCUT2D eigenvalue weighted by molar-refractivity contribution is 0.0897. The minimum atomic E-state index is -3.59. The number of carbonyl (C=O) groups is 1. The number of hydrogen-bond donors (Lipinski definition) is 2. The molecule has 27 heavy (non-hydrogen) atoms. The summed E-state index contributed by atoms with van der Waals surface area (Å²) in [5.74, 6) is 0.131. The highest BCUT2D eigenvalue weighted by Crippen LogP contribution is 2.39. The van der Waals surface area contributed by atoms with E-state index in [2.05, 4.69) is 5.32 Å². The Morgan fingerprint density at radius 2 is 2.00 bits per heavy atom. The molecule has 0 radical (unpaired) electrons. The van der Waals surface area contributed by atoms with Crippen molar-refractivity contribution in [2.75, 3.05) is 13.1 Å². The van der Waals surface area contributed by atoms with Gasteiger partial charge in [-0.2, -0.15) is 4.31 Å². The lowest BCUT2D eigenvalue weighted by Gasteiger charge is -2.32. The highest BCUT2D eigenvalue weighted by atomic mass is 35.5. The van der Waals surface area contributed by atoms with Gasteiger partial charge in [0.25, 0.3) is 5.91 Å². The normalized spacial score (nSPS) is 23.1. The SMILES string of the molecule is CC1CCCCN1S(=O)(=O)c1cccc(C(=O)NC(C)(CN)C2CC2)c1.Cl. The number of nitrogens with one attached hydrogen (secondary N) is 1. The van der Waals surface area contributed by atoms with Crippen LogP contribution in [0.2, 0.25) is 0 Å². The fourth-order valence-corrected chi connectivity index (χ4v) is 5.48. The van der Waals surface area contributed by atoms with Crippen molar-refractivity contribution in [2.24, 2.45) is 11.7 Å². The van der Waals surface area contributed by atoms with Crippen LogP contribution in [0.3, 0.4) is 0 Å². The standard InChI is InChI=1S/C19H29N3O3S.ClH/c1-14-6-3-4-11-22(14)26(24,25)17-8-5-7-15(12-17)18(23)21-19(2,13-20)16-9-10-16;/h5,7-8,12,14,16H,3-4,6,9-11,13,20H2,1-2H3,(H,21,23);1H. The number of hydrogen-bond acceptors (Lipinski definition) is 4. The van der Waals surface area contributed by atoms with E-state index in [1.807, 2.05) is 13.8 Å². The van der Waals surface area contributed by atoms with E-state index in [-0.39, 0.29) is 29.3 Å². The van der Waals surface area contributed by atoms with Gasteiger partial charge in [0.15, 0.2) is 0 Å². The maximum atomic E-state index is 13.0. The molecule has 3 N–H and O–H groups in total. The van der Waals surface area contributed by atoms with Gasteiger partial charge >= 0.3 is 0 Å². The van der Waals surface area contributed by atoms with Crippen molar-refractivity contribution in [3.8, 4) is 0 Å². The number of benzene rings is 1. The first kappa shape index (κ1) is 22.1. The molecule has 0 bridgehead atoms. The zero-order valence-electron chi connectivity index (χ0n) is 16.0. The molecule has 2 fully saturated rings. The minimum absolute atomic E-state index is 0. The number of halogens is 1. The summed E-state index contributed by atoms with van der Waals surface area (Å²) < 4.78 is 27.6. The Bertz CT molecular complexity index is 782. The summed E-state index contributed by atoms with van der Waals surface area (Å²) in [6.45, 7) is 4.80. The second-order valence-electron chi connectivity index (χ2n) is 7.84. The fourth-order valence-electron chi connectivity index (χ4n) is 3.73. The van der Waals surface area contributed by atoms with Crippen molar-refractivity contribution >= 4 is 28.3 Å². The average molecular weight is 416 g/mol. The molecule has 2 aliphatic rings. The predicted octanol–water partition coefficient (Wildman–Crippen LogP) is 2.53. The molecule has 1 aliphatic heterocycles. The summed E-state index contributed by atoms with van der Waals surface area (Å²) in [7, 11) is -3.59. The molecule has 1 aliphatic carbocycles. The van der Waals surface area contributed by atoms with Gasteiger partial charge in [0.05, 0.1) is 10.4 Å². The van der Waals surface area contributed by atoms with Crippen molar-refractivity contribution in [2.45, 2.75) is 62.4 Å². The molecule has 2 unspecified atom stereocenters. The van der Waals surface area contributed by atoms with E-state index in [9.17, 15) is 13.2 Å². The highest BCUT2D eigenvalue weighted by Gasteiger charge is 2.41. The van der Waals surface area contributed by atoms with Crippen LogP contribution in [0.5, 0.6) is 0 Å². The minimum Gasteiger partial charge on any atom is -0.345 e. The van der Waals surface area contributed by atoms with Gasteiger partial charge in [-0.1, -0.05) is 12.5 Å². The molecule has 3 rings (SSSR count). The van der Waals surface area contributed by atoms with E-state index >= 15 is 0 Å². The van der Waals surface area contributed by atoms with Crippen LogP contribution in [0.25, 0.3) is 0 Å². The molecule has 1 saturated carbocycles. The first-order valence-corrected chi connectivity index (χ1v) is 10.9. The molecule has 1 heterocycles. The predicted molar refractivity (Wildman–Crippen MR) is 109 cm³/mol.